The zero-order valence-electron chi connectivity index (χ0n) is 12.0. The molecule has 2 heteroatoms. The van der Waals surface area contributed by atoms with Gasteiger partial charge in [0.15, 0.2) is 0 Å². The lowest BCUT2D eigenvalue weighted by molar-refractivity contribution is 0.134. The van der Waals surface area contributed by atoms with Crippen molar-refractivity contribution in [1.82, 2.24) is 4.90 Å². The first-order chi connectivity index (χ1) is 8.13. The third-order valence-electron chi connectivity index (χ3n) is 3.89. The molecule has 1 aliphatic rings. The summed E-state index contributed by atoms with van der Waals surface area (Å²) in [6, 6.07) is 0.830. The van der Waals surface area contributed by atoms with Crippen molar-refractivity contribution in [1.29, 1.82) is 0 Å². The maximum atomic E-state index is 9.60. The lowest BCUT2D eigenvalue weighted by atomic mass is 10.1. The molecule has 1 N–H and O–H groups in total. The van der Waals surface area contributed by atoms with E-state index in [9.17, 15) is 5.11 Å². The van der Waals surface area contributed by atoms with Gasteiger partial charge in [-0.05, 0) is 44.6 Å². The molecule has 2 nitrogen and oxygen atoms in total. The second-order valence-corrected chi connectivity index (χ2v) is 6.03. The summed E-state index contributed by atoms with van der Waals surface area (Å²) in [5, 5.41) is 9.60. The molecule has 1 aliphatic carbocycles. The molecule has 0 radical (unpaired) electrons. The summed E-state index contributed by atoms with van der Waals surface area (Å²) in [4.78, 5) is 2.68. The molecule has 0 spiro atoms. The molecule has 0 heterocycles. The summed E-state index contributed by atoms with van der Waals surface area (Å²) in [7, 11) is 0. The Kier molecular flexibility index (Phi) is 7.14. The Hall–Kier alpha value is -0.0800. The van der Waals surface area contributed by atoms with E-state index in [0.29, 0.717) is 0 Å². The van der Waals surface area contributed by atoms with Crippen molar-refractivity contribution in [2.24, 2.45) is 5.92 Å². The number of rotatable bonds is 8. The van der Waals surface area contributed by atoms with Crippen LogP contribution in [0.1, 0.15) is 65.7 Å². The Morgan fingerprint density at radius 3 is 2.41 bits per heavy atom. The van der Waals surface area contributed by atoms with E-state index in [1.54, 1.807) is 0 Å². The van der Waals surface area contributed by atoms with Crippen LogP contribution in [0, 0.1) is 5.92 Å². The summed E-state index contributed by atoms with van der Waals surface area (Å²) in [6.07, 6.45) is 8.54. The first-order valence-electron chi connectivity index (χ1n) is 7.55. The van der Waals surface area contributed by atoms with Crippen LogP contribution in [0.5, 0.6) is 0 Å². The number of hydrogen-bond donors (Lipinski definition) is 1. The largest absolute Gasteiger partial charge is 0.393 e. The second kappa shape index (κ2) is 8.10. The molecule has 0 aromatic rings. The van der Waals surface area contributed by atoms with Crippen molar-refractivity contribution in [2.75, 3.05) is 13.1 Å². The molecule has 0 amide bonds. The number of aliphatic hydroxyl groups excluding tert-OH is 1. The molecule has 102 valence electrons. The minimum atomic E-state index is -0.0838. The molecular formula is C15H31NO. The highest BCUT2D eigenvalue weighted by atomic mass is 16.3. The van der Waals surface area contributed by atoms with Crippen LogP contribution in [0.2, 0.25) is 0 Å². The fraction of sp³-hybridized carbons (Fsp3) is 1.00. The maximum absolute atomic E-state index is 9.60. The maximum Gasteiger partial charge on any atom is 0.0538 e. The molecular weight excluding hydrogens is 210 g/mol. The molecule has 1 atom stereocenters. The van der Waals surface area contributed by atoms with Crippen LogP contribution in [-0.4, -0.2) is 35.2 Å². The van der Waals surface area contributed by atoms with Gasteiger partial charge in [0.05, 0.1) is 6.10 Å². The molecule has 1 rings (SSSR count). The highest BCUT2D eigenvalue weighted by molar-refractivity contribution is 4.78. The van der Waals surface area contributed by atoms with Gasteiger partial charge in [-0.2, -0.15) is 0 Å². The van der Waals surface area contributed by atoms with Gasteiger partial charge >= 0.3 is 0 Å². The van der Waals surface area contributed by atoms with Crippen LogP contribution in [0.3, 0.4) is 0 Å². The standard InChI is InChI=1S/C15H31NO/c1-4-15(17)10-7-11-16(12-13(2)3)14-8-5-6-9-14/h13-15,17H,4-12H2,1-3H3. The number of nitrogens with zero attached hydrogens (tertiary/aromatic N) is 1. The SMILES string of the molecule is CCC(O)CCCN(CC(C)C)C1CCCC1. The van der Waals surface area contributed by atoms with Gasteiger partial charge in [-0.25, -0.2) is 0 Å². The summed E-state index contributed by atoms with van der Waals surface area (Å²) >= 11 is 0. The molecule has 1 fully saturated rings. The van der Waals surface area contributed by atoms with Crippen LogP contribution in [-0.2, 0) is 0 Å². The van der Waals surface area contributed by atoms with Gasteiger partial charge in [-0.15, -0.1) is 0 Å². The summed E-state index contributed by atoms with van der Waals surface area (Å²) in [5.74, 6) is 0.756. The normalized spacial score (nSPS) is 19.4. The van der Waals surface area contributed by atoms with Crippen molar-refractivity contribution in [3.63, 3.8) is 0 Å². The predicted molar refractivity (Wildman–Crippen MR) is 74.2 cm³/mol. The first kappa shape index (κ1) is 15.0. The Morgan fingerprint density at radius 2 is 1.88 bits per heavy atom. The van der Waals surface area contributed by atoms with E-state index in [1.807, 2.05) is 0 Å². The third-order valence-corrected chi connectivity index (χ3v) is 3.89. The van der Waals surface area contributed by atoms with Crippen molar-refractivity contribution in [3.05, 3.63) is 0 Å². The van der Waals surface area contributed by atoms with E-state index in [-0.39, 0.29) is 6.10 Å². The van der Waals surface area contributed by atoms with Gasteiger partial charge in [-0.1, -0.05) is 33.6 Å². The fourth-order valence-electron chi connectivity index (χ4n) is 2.90. The lowest BCUT2D eigenvalue weighted by Gasteiger charge is -2.30. The van der Waals surface area contributed by atoms with E-state index in [4.69, 9.17) is 0 Å². The Bertz CT molecular complexity index is 187. The molecule has 0 saturated heterocycles. The monoisotopic (exact) mass is 241 g/mol. The molecule has 0 aromatic heterocycles. The van der Waals surface area contributed by atoms with Gasteiger partial charge in [0, 0.05) is 12.6 Å². The third kappa shape index (κ3) is 5.87. The van der Waals surface area contributed by atoms with Crippen molar-refractivity contribution in [3.8, 4) is 0 Å². The van der Waals surface area contributed by atoms with Crippen LogP contribution >= 0.6 is 0 Å². The van der Waals surface area contributed by atoms with E-state index in [0.717, 1.165) is 31.2 Å². The molecule has 1 saturated carbocycles. The fourth-order valence-corrected chi connectivity index (χ4v) is 2.90. The van der Waals surface area contributed by atoms with Crippen LogP contribution in [0.4, 0.5) is 0 Å². The summed E-state index contributed by atoms with van der Waals surface area (Å²) < 4.78 is 0. The van der Waals surface area contributed by atoms with Gasteiger partial charge in [0.25, 0.3) is 0 Å². The molecule has 0 aromatic carbocycles. The average Bonchev–Trinajstić information content (AvgIpc) is 2.80. The van der Waals surface area contributed by atoms with Crippen molar-refractivity contribution in [2.45, 2.75) is 77.9 Å². The minimum absolute atomic E-state index is 0.0838. The minimum Gasteiger partial charge on any atom is -0.393 e. The van der Waals surface area contributed by atoms with E-state index >= 15 is 0 Å². The van der Waals surface area contributed by atoms with Gasteiger partial charge in [0.1, 0.15) is 0 Å². The average molecular weight is 241 g/mol. The Morgan fingerprint density at radius 1 is 1.24 bits per heavy atom. The van der Waals surface area contributed by atoms with Crippen LogP contribution < -0.4 is 0 Å². The molecule has 0 bridgehead atoms. The summed E-state index contributed by atoms with van der Waals surface area (Å²) in [6.45, 7) is 9.09. The lowest BCUT2D eigenvalue weighted by Crippen LogP contribution is -2.37. The van der Waals surface area contributed by atoms with Crippen molar-refractivity contribution < 1.29 is 5.11 Å². The highest BCUT2D eigenvalue weighted by Crippen LogP contribution is 2.24. The van der Waals surface area contributed by atoms with Crippen molar-refractivity contribution >= 4 is 0 Å². The molecule has 1 unspecified atom stereocenters. The zero-order valence-corrected chi connectivity index (χ0v) is 12.0. The van der Waals surface area contributed by atoms with Gasteiger partial charge in [0.2, 0.25) is 0 Å². The van der Waals surface area contributed by atoms with E-state index in [1.165, 1.54) is 38.8 Å². The smallest absolute Gasteiger partial charge is 0.0538 e. The van der Waals surface area contributed by atoms with Crippen LogP contribution in [0.25, 0.3) is 0 Å². The number of hydrogen-bond acceptors (Lipinski definition) is 2. The van der Waals surface area contributed by atoms with E-state index < -0.39 is 0 Å². The second-order valence-electron chi connectivity index (χ2n) is 6.03. The van der Waals surface area contributed by atoms with Crippen LogP contribution in [0.15, 0.2) is 0 Å². The molecule has 17 heavy (non-hydrogen) atoms. The Balaban J connectivity index is 2.29. The number of aliphatic hydroxyl groups is 1. The zero-order chi connectivity index (χ0) is 12.7. The van der Waals surface area contributed by atoms with E-state index in [2.05, 4.69) is 25.7 Å². The van der Waals surface area contributed by atoms with Gasteiger partial charge < -0.3 is 10.0 Å². The molecule has 0 aliphatic heterocycles. The topological polar surface area (TPSA) is 23.5 Å². The highest BCUT2D eigenvalue weighted by Gasteiger charge is 2.22. The quantitative estimate of drug-likeness (QED) is 0.703. The first-order valence-corrected chi connectivity index (χ1v) is 7.55. The Labute approximate surface area is 107 Å². The predicted octanol–water partition coefficient (Wildman–Crippen LogP) is 3.44. The summed E-state index contributed by atoms with van der Waals surface area (Å²) in [5.41, 5.74) is 0. The van der Waals surface area contributed by atoms with Gasteiger partial charge in [-0.3, -0.25) is 0 Å².